The van der Waals surface area contributed by atoms with Crippen LogP contribution in [-0.2, 0) is 11.2 Å². The van der Waals surface area contributed by atoms with Crippen molar-refractivity contribution in [2.75, 3.05) is 14.2 Å². The van der Waals surface area contributed by atoms with Crippen molar-refractivity contribution in [1.82, 2.24) is 10.6 Å². The van der Waals surface area contributed by atoms with Gasteiger partial charge < -0.3 is 20.1 Å². The van der Waals surface area contributed by atoms with E-state index in [1.807, 2.05) is 18.2 Å². The number of carbonyl (C=O) groups excluding carboxylic acids is 1. The fourth-order valence-corrected chi connectivity index (χ4v) is 3.63. The molecule has 2 aliphatic heterocycles. The quantitative estimate of drug-likeness (QED) is 0.861. The van der Waals surface area contributed by atoms with E-state index in [4.69, 9.17) is 9.47 Å². The molecule has 23 heavy (non-hydrogen) atoms. The summed E-state index contributed by atoms with van der Waals surface area (Å²) in [5.41, 5.74) is 0.937. The van der Waals surface area contributed by atoms with E-state index in [2.05, 4.69) is 10.6 Å². The number of methoxy groups -OCH3 is 2. The maximum atomic E-state index is 12.3. The van der Waals surface area contributed by atoms with Crippen LogP contribution in [0.25, 0.3) is 0 Å². The summed E-state index contributed by atoms with van der Waals surface area (Å²) in [5.74, 6) is 1.42. The standard InChI is InChI=1S/C17H24N2O3.ClH/c1-21-15-6-3-11(7-16(15)22-2)8-17(20)19-14-9-12-4-5-13(10-14)18-12;/h3,6-7,12-14,18H,4-5,8-10H2,1-2H3,(H,19,20);1H. The fraction of sp³-hybridized carbons (Fsp3) is 0.588. The smallest absolute Gasteiger partial charge is 0.224 e. The van der Waals surface area contributed by atoms with Crippen molar-refractivity contribution in [2.45, 2.75) is 50.2 Å². The van der Waals surface area contributed by atoms with Crippen LogP contribution in [0.1, 0.15) is 31.2 Å². The molecule has 1 amide bonds. The summed E-state index contributed by atoms with van der Waals surface area (Å²) < 4.78 is 10.5. The molecule has 2 aliphatic rings. The van der Waals surface area contributed by atoms with Crippen LogP contribution < -0.4 is 20.1 Å². The van der Waals surface area contributed by atoms with Gasteiger partial charge in [0.1, 0.15) is 0 Å². The molecule has 0 aliphatic carbocycles. The van der Waals surface area contributed by atoms with Crippen molar-refractivity contribution in [2.24, 2.45) is 0 Å². The Hall–Kier alpha value is -1.46. The highest BCUT2D eigenvalue weighted by Gasteiger charge is 2.33. The van der Waals surface area contributed by atoms with Crippen LogP contribution in [0.15, 0.2) is 18.2 Å². The van der Waals surface area contributed by atoms with E-state index >= 15 is 0 Å². The first-order valence-electron chi connectivity index (χ1n) is 7.94. The summed E-state index contributed by atoms with van der Waals surface area (Å²) in [5, 5.41) is 6.77. The summed E-state index contributed by atoms with van der Waals surface area (Å²) in [4.78, 5) is 12.3. The van der Waals surface area contributed by atoms with Crippen LogP contribution in [0.5, 0.6) is 11.5 Å². The Morgan fingerprint density at radius 1 is 1.17 bits per heavy atom. The van der Waals surface area contributed by atoms with Gasteiger partial charge in [0.15, 0.2) is 11.5 Å². The Labute approximate surface area is 143 Å². The van der Waals surface area contributed by atoms with Crippen molar-refractivity contribution in [1.29, 1.82) is 0 Å². The van der Waals surface area contributed by atoms with Gasteiger partial charge in [-0.25, -0.2) is 0 Å². The van der Waals surface area contributed by atoms with Gasteiger partial charge in [0, 0.05) is 18.1 Å². The second-order valence-electron chi connectivity index (χ2n) is 6.24. The first kappa shape index (κ1) is 17.9. The van der Waals surface area contributed by atoms with Crippen molar-refractivity contribution < 1.29 is 14.3 Å². The number of benzene rings is 1. The van der Waals surface area contributed by atoms with Crippen LogP contribution in [0.3, 0.4) is 0 Å². The van der Waals surface area contributed by atoms with E-state index in [0.717, 1.165) is 18.4 Å². The molecule has 5 nitrogen and oxygen atoms in total. The van der Waals surface area contributed by atoms with Gasteiger partial charge >= 0.3 is 0 Å². The molecule has 2 fully saturated rings. The highest BCUT2D eigenvalue weighted by atomic mass is 35.5. The highest BCUT2D eigenvalue weighted by Crippen LogP contribution is 2.28. The Balaban J connectivity index is 0.00000192. The summed E-state index contributed by atoms with van der Waals surface area (Å²) >= 11 is 0. The van der Waals surface area contributed by atoms with E-state index < -0.39 is 0 Å². The number of piperidine rings is 1. The number of hydrogen-bond acceptors (Lipinski definition) is 4. The van der Waals surface area contributed by atoms with E-state index in [1.54, 1.807) is 14.2 Å². The number of carbonyl (C=O) groups is 1. The lowest BCUT2D eigenvalue weighted by atomic mass is 9.99. The minimum absolute atomic E-state index is 0. The maximum absolute atomic E-state index is 12.3. The molecule has 2 unspecified atom stereocenters. The number of rotatable bonds is 5. The predicted octanol–water partition coefficient (Wildman–Crippen LogP) is 2.07. The molecule has 0 radical (unpaired) electrons. The third-order valence-electron chi connectivity index (χ3n) is 4.65. The average Bonchev–Trinajstić information content (AvgIpc) is 2.85. The van der Waals surface area contributed by atoms with Gasteiger partial charge in [-0.2, -0.15) is 0 Å². The topological polar surface area (TPSA) is 59.6 Å². The number of halogens is 1. The molecular formula is C17H25ClN2O3. The first-order chi connectivity index (χ1) is 10.7. The minimum Gasteiger partial charge on any atom is -0.493 e. The van der Waals surface area contributed by atoms with Crippen LogP contribution in [0.2, 0.25) is 0 Å². The van der Waals surface area contributed by atoms with Crippen molar-refractivity contribution in [3.63, 3.8) is 0 Å². The molecule has 0 aromatic heterocycles. The number of nitrogens with one attached hydrogen (secondary N) is 2. The molecule has 2 heterocycles. The lowest BCUT2D eigenvalue weighted by Gasteiger charge is -2.29. The minimum atomic E-state index is 0. The predicted molar refractivity (Wildman–Crippen MR) is 91.6 cm³/mol. The molecule has 2 bridgehead atoms. The summed E-state index contributed by atoms with van der Waals surface area (Å²) in [6.07, 6.45) is 4.96. The molecule has 2 atom stereocenters. The normalized spacial score (nSPS) is 25.4. The molecule has 2 N–H and O–H groups in total. The molecule has 6 heteroatoms. The molecule has 0 spiro atoms. The van der Waals surface area contributed by atoms with Gasteiger partial charge in [0.25, 0.3) is 0 Å². The zero-order valence-corrected chi connectivity index (χ0v) is 14.4. The van der Waals surface area contributed by atoms with E-state index in [9.17, 15) is 4.79 Å². The van der Waals surface area contributed by atoms with Crippen LogP contribution in [0.4, 0.5) is 0 Å². The Bertz CT molecular complexity index is 541. The number of amides is 1. The maximum Gasteiger partial charge on any atom is 0.224 e. The lowest BCUT2D eigenvalue weighted by molar-refractivity contribution is -0.121. The van der Waals surface area contributed by atoms with Crippen molar-refractivity contribution in [3.8, 4) is 11.5 Å². The van der Waals surface area contributed by atoms with Crippen LogP contribution >= 0.6 is 12.4 Å². The summed E-state index contributed by atoms with van der Waals surface area (Å²) in [7, 11) is 3.21. The van der Waals surface area contributed by atoms with E-state index in [0.29, 0.717) is 36.0 Å². The average molecular weight is 341 g/mol. The third kappa shape index (κ3) is 4.30. The molecule has 0 saturated carbocycles. The van der Waals surface area contributed by atoms with Gasteiger partial charge in [-0.3, -0.25) is 4.79 Å². The summed E-state index contributed by atoms with van der Waals surface area (Å²) in [6.45, 7) is 0. The van der Waals surface area contributed by atoms with Gasteiger partial charge in [-0.15, -0.1) is 12.4 Å². The molecule has 128 valence electrons. The number of hydrogen-bond donors (Lipinski definition) is 2. The van der Waals surface area contributed by atoms with Crippen LogP contribution in [-0.4, -0.2) is 38.3 Å². The van der Waals surface area contributed by atoms with Gasteiger partial charge in [0.05, 0.1) is 20.6 Å². The molecule has 2 saturated heterocycles. The highest BCUT2D eigenvalue weighted by molar-refractivity contribution is 5.85. The zero-order chi connectivity index (χ0) is 15.5. The number of fused-ring (bicyclic) bond motifs is 2. The molecule has 1 aromatic rings. The van der Waals surface area contributed by atoms with E-state index in [-0.39, 0.29) is 18.3 Å². The largest absolute Gasteiger partial charge is 0.493 e. The molecule has 1 aromatic carbocycles. The molecule has 3 rings (SSSR count). The summed E-state index contributed by atoms with van der Waals surface area (Å²) in [6, 6.07) is 7.10. The Morgan fingerprint density at radius 3 is 2.43 bits per heavy atom. The number of ether oxygens (including phenoxy) is 2. The van der Waals surface area contributed by atoms with Crippen molar-refractivity contribution in [3.05, 3.63) is 23.8 Å². The SMILES string of the molecule is COc1ccc(CC(=O)NC2CC3CCC(C2)N3)cc1OC.Cl. The second-order valence-corrected chi connectivity index (χ2v) is 6.24. The monoisotopic (exact) mass is 340 g/mol. The van der Waals surface area contributed by atoms with Crippen molar-refractivity contribution >= 4 is 18.3 Å². The van der Waals surface area contributed by atoms with Gasteiger partial charge in [-0.1, -0.05) is 6.07 Å². The Morgan fingerprint density at radius 2 is 1.83 bits per heavy atom. The van der Waals surface area contributed by atoms with Gasteiger partial charge in [0.2, 0.25) is 5.91 Å². The van der Waals surface area contributed by atoms with Gasteiger partial charge in [-0.05, 0) is 43.4 Å². The lowest BCUT2D eigenvalue weighted by Crippen LogP contribution is -2.48. The first-order valence-corrected chi connectivity index (χ1v) is 7.94. The third-order valence-corrected chi connectivity index (χ3v) is 4.65. The second kappa shape index (κ2) is 7.88. The Kier molecular flexibility index (Phi) is 6.13. The zero-order valence-electron chi connectivity index (χ0n) is 13.6. The molecular weight excluding hydrogens is 316 g/mol. The fourth-order valence-electron chi connectivity index (χ4n) is 3.63. The van der Waals surface area contributed by atoms with Crippen LogP contribution in [0, 0.1) is 0 Å². The van der Waals surface area contributed by atoms with E-state index in [1.165, 1.54) is 12.8 Å².